The zero-order valence-electron chi connectivity index (χ0n) is 24.7. The van der Waals surface area contributed by atoms with Gasteiger partial charge >= 0.3 is 17.4 Å². The molecule has 36 heavy (non-hydrogen) atoms. The highest BCUT2D eigenvalue weighted by atomic mass is 28.4. The van der Waals surface area contributed by atoms with E-state index in [9.17, 15) is 0 Å². The molecule has 1 unspecified atom stereocenters. The third-order valence-corrected chi connectivity index (χ3v) is 17.7. The molecule has 11 heteroatoms. The fraction of sp³-hybridized carbons (Fsp3) is 1.00. The highest BCUT2D eigenvalue weighted by Crippen LogP contribution is 2.29. The van der Waals surface area contributed by atoms with Crippen LogP contribution in [0.1, 0.15) is 58.8 Å². The van der Waals surface area contributed by atoms with Gasteiger partial charge < -0.3 is 37.2 Å². The molecule has 0 aromatic rings. The van der Waals surface area contributed by atoms with E-state index in [-0.39, 0.29) is 0 Å². The van der Waals surface area contributed by atoms with E-state index in [1.165, 1.54) is 64.8 Å². The van der Waals surface area contributed by atoms with E-state index in [1.807, 2.05) is 0 Å². The van der Waals surface area contributed by atoms with Crippen molar-refractivity contribution in [1.82, 2.24) is 15.1 Å². The van der Waals surface area contributed by atoms with E-state index in [2.05, 4.69) is 42.6 Å². The second kappa shape index (κ2) is 20.3. The number of hydrogen-bond acceptors (Lipinski definition) is 8. The van der Waals surface area contributed by atoms with Gasteiger partial charge in [0.05, 0.1) is 0 Å². The van der Waals surface area contributed by atoms with Crippen molar-refractivity contribution in [3.63, 3.8) is 0 Å². The largest absolute Gasteiger partial charge is 0.500 e. The van der Waals surface area contributed by atoms with Gasteiger partial charge in [-0.05, 0) is 72.0 Å². The van der Waals surface area contributed by atoms with Crippen LogP contribution < -0.4 is 5.32 Å². The Balaban J connectivity index is 2.32. The van der Waals surface area contributed by atoms with Crippen molar-refractivity contribution in [2.24, 2.45) is 0 Å². The summed E-state index contributed by atoms with van der Waals surface area (Å²) in [6.45, 7) is 14.9. The van der Waals surface area contributed by atoms with E-state index in [0.29, 0.717) is 5.16 Å². The van der Waals surface area contributed by atoms with Crippen LogP contribution in [-0.2, 0) is 22.1 Å². The Morgan fingerprint density at radius 3 is 2.00 bits per heavy atom. The summed E-state index contributed by atoms with van der Waals surface area (Å²) < 4.78 is 29.7. The molecule has 0 aromatic heterocycles. The Bertz CT molecular complexity index is 513. The quantitative estimate of drug-likeness (QED) is 0.150. The van der Waals surface area contributed by atoms with Crippen molar-refractivity contribution in [3.05, 3.63) is 0 Å². The molecular formula is C25H59N3O5Si3. The number of likely N-dealkylation sites (N-methyl/N-ethyl adjacent to an activating group) is 1. The molecule has 0 saturated carbocycles. The molecule has 1 atom stereocenters. The minimum atomic E-state index is -2.59. The molecule has 1 heterocycles. The average Bonchev–Trinajstić information content (AvgIpc) is 2.87. The second-order valence-electron chi connectivity index (χ2n) is 10.3. The first kappa shape index (κ1) is 34.4. The van der Waals surface area contributed by atoms with E-state index >= 15 is 0 Å². The van der Waals surface area contributed by atoms with Gasteiger partial charge in [0.25, 0.3) is 0 Å². The molecule has 8 nitrogen and oxygen atoms in total. The number of nitrogens with one attached hydrogen (secondary N) is 1. The lowest BCUT2D eigenvalue weighted by atomic mass is 10.1. The van der Waals surface area contributed by atoms with Crippen molar-refractivity contribution in [2.75, 3.05) is 87.0 Å². The third kappa shape index (κ3) is 13.4. The molecule has 0 amide bonds. The van der Waals surface area contributed by atoms with Crippen LogP contribution in [0.3, 0.4) is 0 Å². The fourth-order valence-corrected chi connectivity index (χ4v) is 14.5. The number of piperazine rings is 1. The van der Waals surface area contributed by atoms with Gasteiger partial charge in [-0.25, -0.2) is 0 Å². The van der Waals surface area contributed by atoms with Crippen molar-refractivity contribution < 1.29 is 22.1 Å². The fourth-order valence-electron chi connectivity index (χ4n) is 5.31. The van der Waals surface area contributed by atoms with E-state index in [4.69, 9.17) is 22.1 Å². The summed E-state index contributed by atoms with van der Waals surface area (Å²) in [4.78, 5) is 5.05. The van der Waals surface area contributed by atoms with Crippen LogP contribution in [0.25, 0.3) is 0 Å². The molecule has 1 saturated heterocycles. The maximum Gasteiger partial charge on any atom is 0.500 e. The normalized spacial score (nSPS) is 17.4. The van der Waals surface area contributed by atoms with E-state index in [0.717, 1.165) is 44.8 Å². The Hall–Kier alpha value is 0.331. The summed E-state index contributed by atoms with van der Waals surface area (Å²) >= 11 is 0. The summed E-state index contributed by atoms with van der Waals surface area (Å²) in [5.74, 6) is 0. The lowest BCUT2D eigenvalue weighted by Gasteiger charge is -2.32. The summed E-state index contributed by atoms with van der Waals surface area (Å²) in [5, 5.41) is 4.15. The van der Waals surface area contributed by atoms with Crippen LogP contribution in [-0.4, -0.2) is 124 Å². The van der Waals surface area contributed by atoms with Crippen LogP contribution in [0.15, 0.2) is 0 Å². The van der Waals surface area contributed by atoms with Gasteiger partial charge in [-0.2, -0.15) is 0 Å². The van der Waals surface area contributed by atoms with Crippen LogP contribution in [0.2, 0.25) is 17.8 Å². The summed E-state index contributed by atoms with van der Waals surface area (Å²) in [5.41, 5.74) is 0. The Kier molecular flexibility index (Phi) is 19.3. The SMILES string of the molecule is CCO[Si](C)(CCCNC[SiH2]C(CCCCCCCN1CCN(C)CC1)[Si](OC)(OC)OC)OCC. The van der Waals surface area contributed by atoms with Crippen LogP contribution in [0.5, 0.6) is 0 Å². The average molecular weight is 566 g/mol. The molecule has 1 rings (SSSR count). The highest BCUT2D eigenvalue weighted by molar-refractivity contribution is 6.73. The second-order valence-corrected chi connectivity index (χ2v) is 19.7. The molecule has 1 N–H and O–H groups in total. The van der Waals surface area contributed by atoms with Gasteiger partial charge in [0.2, 0.25) is 0 Å². The third-order valence-electron chi connectivity index (χ3n) is 7.53. The maximum absolute atomic E-state index is 5.97. The zero-order valence-corrected chi connectivity index (χ0v) is 28.2. The van der Waals surface area contributed by atoms with Gasteiger partial charge in [0, 0.05) is 75.4 Å². The molecule has 0 aromatic carbocycles. The number of nitrogens with zero attached hydrogens (tertiary/aromatic N) is 2. The molecule has 0 radical (unpaired) electrons. The minimum Gasteiger partial charge on any atom is -0.395 e. The van der Waals surface area contributed by atoms with Gasteiger partial charge in [0.15, 0.2) is 0 Å². The molecule has 216 valence electrons. The van der Waals surface area contributed by atoms with Crippen LogP contribution in [0.4, 0.5) is 0 Å². The van der Waals surface area contributed by atoms with Crippen molar-refractivity contribution in [1.29, 1.82) is 0 Å². The molecular weight excluding hydrogens is 507 g/mol. The van der Waals surface area contributed by atoms with Gasteiger partial charge in [-0.1, -0.05) is 25.7 Å². The highest BCUT2D eigenvalue weighted by Gasteiger charge is 2.46. The lowest BCUT2D eigenvalue weighted by molar-refractivity contribution is 0.118. The van der Waals surface area contributed by atoms with Crippen LogP contribution in [0, 0.1) is 0 Å². The van der Waals surface area contributed by atoms with Crippen LogP contribution >= 0.6 is 0 Å². The van der Waals surface area contributed by atoms with Crippen molar-refractivity contribution in [3.8, 4) is 0 Å². The van der Waals surface area contributed by atoms with Crippen molar-refractivity contribution in [2.45, 2.75) is 76.5 Å². The molecule has 0 aliphatic carbocycles. The molecule has 0 bridgehead atoms. The van der Waals surface area contributed by atoms with Gasteiger partial charge in [0.1, 0.15) is 0 Å². The molecule has 1 aliphatic heterocycles. The first-order chi connectivity index (χ1) is 17.4. The van der Waals surface area contributed by atoms with E-state index in [1.54, 1.807) is 21.3 Å². The first-order valence-corrected chi connectivity index (χ1v) is 20.6. The number of rotatable bonds is 23. The van der Waals surface area contributed by atoms with E-state index < -0.39 is 26.9 Å². The summed E-state index contributed by atoms with van der Waals surface area (Å²) in [7, 11) is 2.47. The monoisotopic (exact) mass is 565 g/mol. The van der Waals surface area contributed by atoms with Crippen molar-refractivity contribution >= 4 is 26.9 Å². The maximum atomic E-state index is 5.97. The molecule has 1 aliphatic rings. The predicted octanol–water partition coefficient (Wildman–Crippen LogP) is 3.03. The smallest absolute Gasteiger partial charge is 0.395 e. The van der Waals surface area contributed by atoms with Gasteiger partial charge in [-0.15, -0.1) is 0 Å². The Labute approximate surface area is 227 Å². The number of hydrogen-bond donors (Lipinski definition) is 1. The Morgan fingerprint density at radius 2 is 1.42 bits per heavy atom. The predicted molar refractivity (Wildman–Crippen MR) is 158 cm³/mol. The van der Waals surface area contributed by atoms with Gasteiger partial charge in [-0.3, -0.25) is 0 Å². The minimum absolute atomic E-state index is 0.441. The molecule has 0 spiro atoms. The first-order valence-electron chi connectivity index (χ1n) is 14.4. The molecule has 1 fully saturated rings. The zero-order chi connectivity index (χ0) is 26.7. The summed E-state index contributed by atoms with van der Waals surface area (Å²) in [6, 6.07) is 1.04. The lowest BCUT2D eigenvalue weighted by Crippen LogP contribution is -2.51. The number of unbranched alkanes of at least 4 members (excludes halogenated alkanes) is 4. The Morgan fingerprint density at radius 1 is 0.833 bits per heavy atom. The summed E-state index contributed by atoms with van der Waals surface area (Å²) in [6.07, 6.45) is 9.86. The standard InChI is InChI=1S/C25H59N3O5Si3/c1-8-32-35(7,33-9-2)23-15-17-26-24-34-25(36(29-4,30-5)31-6)16-13-11-10-12-14-18-28-21-19-27(3)20-22-28/h25-26H,8-24,34H2,1-7H3. The topological polar surface area (TPSA) is 64.7 Å².